The van der Waals surface area contributed by atoms with Crippen LogP contribution in [0.5, 0.6) is 5.75 Å². The molecular formula is C27H33NO5. The molecule has 0 radical (unpaired) electrons. The molecule has 0 aliphatic heterocycles. The predicted molar refractivity (Wildman–Crippen MR) is 129 cm³/mol. The number of nitrogens with one attached hydrogen (secondary N) is 1. The van der Waals surface area contributed by atoms with E-state index >= 15 is 0 Å². The highest BCUT2D eigenvalue weighted by atomic mass is 16.5. The van der Waals surface area contributed by atoms with Gasteiger partial charge in [-0.15, -0.1) is 0 Å². The number of phenols is 1. The van der Waals surface area contributed by atoms with E-state index in [4.69, 9.17) is 4.74 Å². The molecule has 6 nitrogen and oxygen atoms in total. The lowest BCUT2D eigenvalue weighted by molar-refractivity contribution is -0.143. The number of unbranched alkanes of at least 4 members (excludes halogenated alkanes) is 2. The van der Waals surface area contributed by atoms with E-state index in [-0.39, 0.29) is 18.3 Å². The van der Waals surface area contributed by atoms with Crippen molar-refractivity contribution < 1.29 is 24.9 Å². The first-order chi connectivity index (χ1) is 16.1. The molecule has 3 aromatic rings. The van der Waals surface area contributed by atoms with E-state index in [0.29, 0.717) is 37.1 Å². The highest BCUT2D eigenvalue weighted by Gasteiger charge is 2.10. The Kier molecular flexibility index (Phi) is 9.69. The van der Waals surface area contributed by atoms with Gasteiger partial charge in [0, 0.05) is 24.9 Å². The van der Waals surface area contributed by atoms with Crippen LogP contribution >= 0.6 is 0 Å². The minimum Gasteiger partial charge on any atom is -0.508 e. The number of benzene rings is 3. The average molecular weight is 452 g/mol. The summed E-state index contributed by atoms with van der Waals surface area (Å²) in [6.45, 7) is 1.23. The molecule has 0 aliphatic rings. The lowest BCUT2D eigenvalue weighted by Crippen LogP contribution is -2.22. The number of fused-ring (bicyclic) bond motifs is 1. The zero-order valence-corrected chi connectivity index (χ0v) is 18.9. The van der Waals surface area contributed by atoms with Gasteiger partial charge in [0.15, 0.2) is 0 Å². The van der Waals surface area contributed by atoms with Gasteiger partial charge in [-0.2, -0.15) is 0 Å². The molecule has 3 rings (SSSR count). The van der Waals surface area contributed by atoms with Crippen molar-refractivity contribution in [1.29, 1.82) is 0 Å². The number of aromatic hydroxyl groups is 1. The van der Waals surface area contributed by atoms with Crippen molar-refractivity contribution in [3.05, 3.63) is 77.4 Å². The number of ether oxygens (including phenoxy) is 1. The largest absolute Gasteiger partial charge is 0.508 e. The number of esters is 1. The third kappa shape index (κ3) is 7.56. The summed E-state index contributed by atoms with van der Waals surface area (Å²) in [7, 11) is 0. The Morgan fingerprint density at radius 3 is 2.64 bits per heavy atom. The van der Waals surface area contributed by atoms with Crippen LogP contribution in [0.2, 0.25) is 0 Å². The summed E-state index contributed by atoms with van der Waals surface area (Å²) in [5.74, 6) is -0.140. The Labute approximate surface area is 194 Å². The summed E-state index contributed by atoms with van der Waals surface area (Å²) < 4.78 is 5.41. The van der Waals surface area contributed by atoms with Crippen molar-refractivity contribution >= 4 is 16.7 Å². The first-order valence-corrected chi connectivity index (χ1v) is 11.5. The number of carbonyl (C=O) groups excluding carboxylic acids is 1. The molecule has 0 aromatic heterocycles. The maximum Gasteiger partial charge on any atom is 0.305 e. The molecule has 1 atom stereocenters. The molecule has 0 bridgehead atoms. The second kappa shape index (κ2) is 12.9. The van der Waals surface area contributed by atoms with Gasteiger partial charge in [-0.3, -0.25) is 4.79 Å². The molecule has 3 aromatic carbocycles. The molecule has 4 N–H and O–H groups in total. The fourth-order valence-corrected chi connectivity index (χ4v) is 3.85. The Morgan fingerprint density at radius 1 is 0.970 bits per heavy atom. The van der Waals surface area contributed by atoms with Crippen molar-refractivity contribution in [3.63, 3.8) is 0 Å². The zero-order chi connectivity index (χ0) is 23.5. The summed E-state index contributed by atoms with van der Waals surface area (Å²) in [6.07, 6.45) is 2.97. The Morgan fingerprint density at radius 2 is 1.79 bits per heavy atom. The SMILES string of the molecule is O=C(CCCCCNCC(O)c1ccc(O)c(CO)c1)OCCc1cccc2ccccc12. The van der Waals surface area contributed by atoms with Gasteiger partial charge in [-0.05, 0) is 53.4 Å². The van der Waals surface area contributed by atoms with Crippen molar-refractivity contribution in [2.75, 3.05) is 19.7 Å². The van der Waals surface area contributed by atoms with Crippen molar-refractivity contribution in [1.82, 2.24) is 5.32 Å². The molecule has 0 saturated carbocycles. The Bertz CT molecular complexity index is 1030. The molecular weight excluding hydrogens is 418 g/mol. The van der Waals surface area contributed by atoms with Gasteiger partial charge in [-0.1, -0.05) is 55.0 Å². The second-order valence-corrected chi connectivity index (χ2v) is 8.19. The van der Waals surface area contributed by atoms with Crippen LogP contribution < -0.4 is 5.32 Å². The first-order valence-electron chi connectivity index (χ1n) is 11.5. The zero-order valence-electron chi connectivity index (χ0n) is 18.9. The summed E-state index contributed by atoms with van der Waals surface area (Å²) in [5.41, 5.74) is 2.24. The molecule has 0 spiro atoms. The number of carbonyl (C=O) groups is 1. The maximum absolute atomic E-state index is 12.0. The van der Waals surface area contributed by atoms with E-state index in [1.165, 1.54) is 22.4 Å². The van der Waals surface area contributed by atoms with Crippen LogP contribution in [0.15, 0.2) is 60.7 Å². The van der Waals surface area contributed by atoms with Crippen molar-refractivity contribution in [2.45, 2.75) is 44.8 Å². The van der Waals surface area contributed by atoms with Gasteiger partial charge in [0.05, 0.1) is 19.3 Å². The molecule has 176 valence electrons. The number of rotatable bonds is 13. The normalized spacial score (nSPS) is 12.1. The quantitative estimate of drug-likeness (QED) is 0.232. The van der Waals surface area contributed by atoms with E-state index in [2.05, 4.69) is 29.6 Å². The summed E-state index contributed by atoms with van der Waals surface area (Å²) in [5, 5.41) is 34.6. The third-order valence-corrected chi connectivity index (χ3v) is 5.75. The minimum atomic E-state index is -0.715. The van der Waals surface area contributed by atoms with Crippen LogP contribution in [0.4, 0.5) is 0 Å². The molecule has 1 unspecified atom stereocenters. The predicted octanol–water partition coefficient (Wildman–Crippen LogP) is 4.01. The molecule has 0 fully saturated rings. The van der Waals surface area contributed by atoms with Gasteiger partial charge in [-0.25, -0.2) is 0 Å². The topological polar surface area (TPSA) is 99.0 Å². The summed E-state index contributed by atoms with van der Waals surface area (Å²) in [4.78, 5) is 12.0. The lowest BCUT2D eigenvalue weighted by Gasteiger charge is -2.14. The highest BCUT2D eigenvalue weighted by molar-refractivity contribution is 5.85. The molecule has 0 aliphatic carbocycles. The standard InChI is InChI=1S/C27H33NO5/c29-19-23-17-22(12-13-25(23)30)26(31)18-28-15-5-1-2-11-27(32)33-16-14-21-9-6-8-20-7-3-4-10-24(20)21/h3-4,6-10,12-13,17,26,28-31H,1-2,5,11,14-16,18-19H2. The van der Waals surface area contributed by atoms with Gasteiger partial charge in [0.1, 0.15) is 5.75 Å². The van der Waals surface area contributed by atoms with Crippen LogP contribution in [0, 0.1) is 0 Å². The monoisotopic (exact) mass is 451 g/mol. The smallest absolute Gasteiger partial charge is 0.305 e. The van der Waals surface area contributed by atoms with Gasteiger partial charge in [0.25, 0.3) is 0 Å². The fraction of sp³-hybridized carbons (Fsp3) is 0.370. The summed E-state index contributed by atoms with van der Waals surface area (Å²) in [6, 6.07) is 19.1. The van der Waals surface area contributed by atoms with E-state index < -0.39 is 6.10 Å². The molecule has 0 amide bonds. The van der Waals surface area contributed by atoms with E-state index in [1.54, 1.807) is 12.1 Å². The van der Waals surface area contributed by atoms with Crippen LogP contribution in [0.25, 0.3) is 10.8 Å². The van der Waals surface area contributed by atoms with Crippen molar-refractivity contribution in [2.24, 2.45) is 0 Å². The third-order valence-electron chi connectivity index (χ3n) is 5.75. The Hall–Kier alpha value is -2.93. The number of hydrogen-bond donors (Lipinski definition) is 4. The van der Waals surface area contributed by atoms with E-state index in [0.717, 1.165) is 25.8 Å². The first kappa shape index (κ1) is 24.7. The Balaban J connectivity index is 1.25. The number of aliphatic hydroxyl groups excluding tert-OH is 2. The molecule has 6 heteroatoms. The highest BCUT2D eigenvalue weighted by Crippen LogP contribution is 2.22. The maximum atomic E-state index is 12.0. The minimum absolute atomic E-state index is 0.0218. The van der Waals surface area contributed by atoms with Gasteiger partial charge >= 0.3 is 5.97 Å². The van der Waals surface area contributed by atoms with E-state index in [9.17, 15) is 20.1 Å². The van der Waals surface area contributed by atoms with Crippen LogP contribution in [0.3, 0.4) is 0 Å². The van der Waals surface area contributed by atoms with Crippen molar-refractivity contribution in [3.8, 4) is 5.75 Å². The van der Waals surface area contributed by atoms with Crippen LogP contribution in [-0.4, -0.2) is 41.0 Å². The van der Waals surface area contributed by atoms with Gasteiger partial charge in [0.2, 0.25) is 0 Å². The second-order valence-electron chi connectivity index (χ2n) is 8.19. The summed E-state index contributed by atoms with van der Waals surface area (Å²) >= 11 is 0. The van der Waals surface area contributed by atoms with Crippen LogP contribution in [-0.2, 0) is 22.6 Å². The molecule has 33 heavy (non-hydrogen) atoms. The molecule has 0 saturated heterocycles. The molecule has 0 heterocycles. The lowest BCUT2D eigenvalue weighted by atomic mass is 10.0. The van der Waals surface area contributed by atoms with Crippen LogP contribution in [0.1, 0.15) is 48.5 Å². The van der Waals surface area contributed by atoms with E-state index in [1.807, 2.05) is 18.2 Å². The fourth-order valence-electron chi connectivity index (χ4n) is 3.85. The number of aliphatic hydroxyl groups is 2. The van der Waals surface area contributed by atoms with Gasteiger partial charge < -0.3 is 25.4 Å². The number of hydrogen-bond acceptors (Lipinski definition) is 6. The average Bonchev–Trinajstić information content (AvgIpc) is 2.83.